The molecule has 4 atom stereocenters. The quantitative estimate of drug-likeness (QED) is 0.481. The first-order valence-corrected chi connectivity index (χ1v) is 7.02. The van der Waals surface area contributed by atoms with Crippen LogP contribution in [-0.4, -0.2) is 22.8 Å². The van der Waals surface area contributed by atoms with Crippen molar-refractivity contribution in [3.8, 4) is 11.8 Å². The van der Waals surface area contributed by atoms with Crippen molar-refractivity contribution in [2.45, 2.75) is 57.7 Å². The summed E-state index contributed by atoms with van der Waals surface area (Å²) in [5, 5.41) is 10.2. The van der Waals surface area contributed by atoms with E-state index in [1.807, 2.05) is 13.0 Å². The number of carbonyl (C=O) groups is 1. The van der Waals surface area contributed by atoms with Gasteiger partial charge in [-0.05, 0) is 39.0 Å². The van der Waals surface area contributed by atoms with Crippen molar-refractivity contribution in [2.24, 2.45) is 11.8 Å². The summed E-state index contributed by atoms with van der Waals surface area (Å²) >= 11 is 0. The predicted molar refractivity (Wildman–Crippen MR) is 73.2 cm³/mol. The van der Waals surface area contributed by atoms with E-state index in [1.165, 1.54) is 0 Å². The third-order valence-electron chi connectivity index (χ3n) is 4.13. The van der Waals surface area contributed by atoms with Crippen LogP contribution in [-0.2, 0) is 9.53 Å². The summed E-state index contributed by atoms with van der Waals surface area (Å²) < 4.78 is 5.27. The molecule has 0 radical (unpaired) electrons. The summed E-state index contributed by atoms with van der Waals surface area (Å²) in [6, 6.07) is 0. The number of hydrogen-bond acceptors (Lipinski definition) is 3. The van der Waals surface area contributed by atoms with E-state index in [0.29, 0.717) is 31.1 Å². The Hall–Kier alpha value is -1.27. The molecule has 2 fully saturated rings. The van der Waals surface area contributed by atoms with Crippen LogP contribution in [0.3, 0.4) is 0 Å². The SMILES string of the molecule is CC#CCCC(C)(O)C=C[C@H]1CC[C@@H]2OC(=O)C[C@@H]21. The Kier molecular flexibility index (Phi) is 4.31. The van der Waals surface area contributed by atoms with Crippen molar-refractivity contribution in [3.63, 3.8) is 0 Å². The highest BCUT2D eigenvalue weighted by Gasteiger charge is 2.43. The van der Waals surface area contributed by atoms with Crippen molar-refractivity contribution in [1.82, 2.24) is 0 Å². The smallest absolute Gasteiger partial charge is 0.306 e. The Morgan fingerprint density at radius 3 is 3.05 bits per heavy atom. The largest absolute Gasteiger partial charge is 0.462 e. The van der Waals surface area contributed by atoms with Crippen molar-refractivity contribution >= 4 is 5.97 Å². The lowest BCUT2D eigenvalue weighted by atomic mass is 9.90. The Balaban J connectivity index is 1.90. The normalized spacial score (nSPS) is 32.6. The van der Waals surface area contributed by atoms with E-state index < -0.39 is 5.60 Å². The number of hydrogen-bond donors (Lipinski definition) is 1. The van der Waals surface area contributed by atoms with Gasteiger partial charge in [0, 0.05) is 12.3 Å². The van der Waals surface area contributed by atoms with Crippen LogP contribution in [0.25, 0.3) is 0 Å². The minimum Gasteiger partial charge on any atom is -0.462 e. The van der Waals surface area contributed by atoms with E-state index in [-0.39, 0.29) is 12.1 Å². The number of carbonyl (C=O) groups excluding carboxylic acids is 1. The van der Waals surface area contributed by atoms with E-state index in [1.54, 1.807) is 6.92 Å². The fourth-order valence-electron chi connectivity index (χ4n) is 2.99. The molecule has 104 valence electrons. The molecule has 1 saturated carbocycles. The molecule has 3 heteroatoms. The van der Waals surface area contributed by atoms with Gasteiger partial charge >= 0.3 is 5.97 Å². The van der Waals surface area contributed by atoms with Crippen LogP contribution in [0.15, 0.2) is 12.2 Å². The maximum absolute atomic E-state index is 11.3. The van der Waals surface area contributed by atoms with Crippen LogP contribution in [0.2, 0.25) is 0 Å². The minimum absolute atomic E-state index is 0.0712. The molecule has 0 aromatic carbocycles. The van der Waals surface area contributed by atoms with Crippen molar-refractivity contribution in [1.29, 1.82) is 0 Å². The van der Waals surface area contributed by atoms with Gasteiger partial charge < -0.3 is 9.84 Å². The second-order valence-electron chi connectivity index (χ2n) is 5.78. The Morgan fingerprint density at radius 2 is 2.32 bits per heavy atom. The Morgan fingerprint density at radius 1 is 1.53 bits per heavy atom. The van der Waals surface area contributed by atoms with Gasteiger partial charge in [-0.1, -0.05) is 12.2 Å². The molecule has 1 heterocycles. The molecule has 1 unspecified atom stereocenters. The molecular formula is C16H22O3. The molecule has 0 bridgehead atoms. The van der Waals surface area contributed by atoms with Gasteiger partial charge in [0.25, 0.3) is 0 Å². The number of esters is 1. The Labute approximate surface area is 115 Å². The number of aliphatic hydroxyl groups is 1. The minimum atomic E-state index is -0.814. The average Bonchev–Trinajstić information content (AvgIpc) is 2.86. The van der Waals surface area contributed by atoms with Crippen molar-refractivity contribution < 1.29 is 14.6 Å². The van der Waals surface area contributed by atoms with Gasteiger partial charge in [0.15, 0.2) is 0 Å². The fourth-order valence-corrected chi connectivity index (χ4v) is 2.99. The van der Waals surface area contributed by atoms with E-state index >= 15 is 0 Å². The summed E-state index contributed by atoms with van der Waals surface area (Å²) in [5.41, 5.74) is -0.814. The van der Waals surface area contributed by atoms with Crippen LogP contribution in [0.4, 0.5) is 0 Å². The lowest BCUT2D eigenvalue weighted by molar-refractivity contribution is -0.141. The van der Waals surface area contributed by atoms with E-state index in [9.17, 15) is 9.90 Å². The van der Waals surface area contributed by atoms with Crippen LogP contribution < -0.4 is 0 Å². The molecule has 1 aliphatic carbocycles. The molecule has 3 nitrogen and oxygen atoms in total. The number of fused-ring (bicyclic) bond motifs is 1. The maximum atomic E-state index is 11.3. The van der Waals surface area contributed by atoms with Crippen LogP contribution >= 0.6 is 0 Å². The lowest BCUT2D eigenvalue weighted by Crippen LogP contribution is -2.21. The molecule has 1 N–H and O–H groups in total. The second-order valence-corrected chi connectivity index (χ2v) is 5.78. The molecule has 0 aromatic heterocycles. The second kappa shape index (κ2) is 5.79. The fraction of sp³-hybridized carbons (Fsp3) is 0.688. The molecule has 0 spiro atoms. The molecule has 2 aliphatic rings. The van der Waals surface area contributed by atoms with Gasteiger partial charge in [0.2, 0.25) is 0 Å². The highest BCUT2D eigenvalue weighted by atomic mass is 16.5. The van der Waals surface area contributed by atoms with Gasteiger partial charge in [-0.2, -0.15) is 0 Å². The van der Waals surface area contributed by atoms with Gasteiger partial charge in [-0.15, -0.1) is 11.8 Å². The zero-order chi connectivity index (χ0) is 13.9. The molecule has 0 amide bonds. The number of rotatable bonds is 4. The third kappa shape index (κ3) is 3.61. The molecule has 1 saturated heterocycles. The third-order valence-corrected chi connectivity index (χ3v) is 4.13. The highest BCUT2D eigenvalue weighted by Crippen LogP contribution is 2.42. The molecule has 19 heavy (non-hydrogen) atoms. The first-order valence-electron chi connectivity index (χ1n) is 7.02. The monoisotopic (exact) mass is 262 g/mol. The van der Waals surface area contributed by atoms with Gasteiger partial charge in [-0.25, -0.2) is 0 Å². The number of allylic oxidation sites excluding steroid dienone is 1. The van der Waals surface area contributed by atoms with E-state index in [2.05, 4.69) is 17.9 Å². The van der Waals surface area contributed by atoms with Gasteiger partial charge in [0.05, 0.1) is 12.0 Å². The average molecular weight is 262 g/mol. The zero-order valence-electron chi connectivity index (χ0n) is 11.7. The first-order chi connectivity index (χ1) is 9.02. The lowest BCUT2D eigenvalue weighted by Gasteiger charge is -2.19. The summed E-state index contributed by atoms with van der Waals surface area (Å²) in [6.45, 7) is 3.61. The first kappa shape index (κ1) is 14.1. The summed E-state index contributed by atoms with van der Waals surface area (Å²) in [6.07, 6.45) is 7.93. The van der Waals surface area contributed by atoms with E-state index in [4.69, 9.17) is 4.74 Å². The molecule has 1 aliphatic heterocycles. The van der Waals surface area contributed by atoms with Crippen molar-refractivity contribution in [2.75, 3.05) is 0 Å². The van der Waals surface area contributed by atoms with Crippen LogP contribution in [0.5, 0.6) is 0 Å². The summed E-state index contributed by atoms with van der Waals surface area (Å²) in [7, 11) is 0. The summed E-state index contributed by atoms with van der Waals surface area (Å²) in [4.78, 5) is 11.3. The number of ether oxygens (including phenoxy) is 1. The maximum Gasteiger partial charge on any atom is 0.306 e. The van der Waals surface area contributed by atoms with E-state index in [0.717, 1.165) is 12.8 Å². The van der Waals surface area contributed by atoms with Gasteiger partial charge in [0.1, 0.15) is 6.10 Å². The predicted octanol–water partition coefficient (Wildman–Crippen LogP) is 2.44. The summed E-state index contributed by atoms with van der Waals surface area (Å²) in [5.74, 6) is 6.40. The molecular weight excluding hydrogens is 240 g/mol. The van der Waals surface area contributed by atoms with Crippen LogP contribution in [0, 0.1) is 23.7 Å². The van der Waals surface area contributed by atoms with Crippen molar-refractivity contribution in [3.05, 3.63) is 12.2 Å². The topological polar surface area (TPSA) is 46.5 Å². The van der Waals surface area contributed by atoms with Crippen LogP contribution in [0.1, 0.15) is 46.0 Å². The highest BCUT2D eigenvalue weighted by molar-refractivity contribution is 5.72. The molecule has 0 aromatic rings. The zero-order valence-corrected chi connectivity index (χ0v) is 11.7. The Bertz CT molecular complexity index is 425. The standard InChI is InChI=1S/C16H22O3/c1-3-4-5-9-16(2,18)10-8-12-6-7-14-13(12)11-15(17)19-14/h8,10,12-14,18H,5-7,9,11H2,1-2H3/t12-,13-,14+,16?/m1/s1. The van der Waals surface area contributed by atoms with Gasteiger partial charge in [-0.3, -0.25) is 4.79 Å². The molecule has 2 rings (SSSR count).